The number of aromatic hydroxyl groups is 1. The number of methoxy groups -OCH3 is 3. The summed E-state index contributed by atoms with van der Waals surface area (Å²) < 4.78 is 21.1. The monoisotopic (exact) mass is 398 g/mol. The van der Waals surface area contributed by atoms with Gasteiger partial charge in [-0.15, -0.1) is 0 Å². The summed E-state index contributed by atoms with van der Waals surface area (Å²) in [5.41, 5.74) is 0.0887. The summed E-state index contributed by atoms with van der Waals surface area (Å²) in [7, 11) is 4.32. The van der Waals surface area contributed by atoms with Gasteiger partial charge >= 0.3 is 5.97 Å². The van der Waals surface area contributed by atoms with Gasteiger partial charge in [0, 0.05) is 18.6 Å². The number of carbonyl (C=O) groups excluding carboxylic acids is 1. The van der Waals surface area contributed by atoms with Gasteiger partial charge in [0.05, 0.1) is 26.6 Å². The molecule has 3 aromatic rings. The molecule has 0 unspecified atom stereocenters. The van der Waals surface area contributed by atoms with Gasteiger partial charge in [0.15, 0.2) is 5.76 Å². The van der Waals surface area contributed by atoms with Crippen molar-refractivity contribution in [2.24, 2.45) is 0 Å². The predicted octanol–water partition coefficient (Wildman–Crippen LogP) is 3.35. The van der Waals surface area contributed by atoms with Crippen LogP contribution in [0.2, 0.25) is 0 Å². The van der Waals surface area contributed by atoms with E-state index in [0.717, 1.165) is 10.8 Å². The molecule has 7 nitrogen and oxygen atoms in total. The molecule has 0 aliphatic carbocycles. The topological polar surface area (TPSA) is 95.2 Å². The largest absolute Gasteiger partial charge is 0.502 e. The predicted molar refractivity (Wildman–Crippen MR) is 106 cm³/mol. The molecule has 0 saturated heterocycles. The van der Waals surface area contributed by atoms with Crippen LogP contribution in [0, 0.1) is 0 Å². The Morgan fingerprint density at radius 2 is 1.83 bits per heavy atom. The lowest BCUT2D eigenvalue weighted by Crippen LogP contribution is -2.14. The Balaban J connectivity index is 2.27. The minimum Gasteiger partial charge on any atom is -0.502 e. The van der Waals surface area contributed by atoms with Crippen LogP contribution in [-0.4, -0.2) is 32.4 Å². The maximum atomic E-state index is 12.3. The van der Waals surface area contributed by atoms with Crippen LogP contribution in [0.4, 0.5) is 0 Å². The SMILES string of the molecule is COCc1cc(=O)c(O)c([C@H](CC(=O)OC)c2ccc(OC)c3ccccc23)o1. The highest BCUT2D eigenvalue weighted by atomic mass is 16.5. The Morgan fingerprint density at radius 1 is 1.10 bits per heavy atom. The molecule has 0 radical (unpaired) electrons. The van der Waals surface area contributed by atoms with Crippen molar-refractivity contribution in [2.75, 3.05) is 21.3 Å². The molecule has 1 heterocycles. The van der Waals surface area contributed by atoms with Crippen LogP contribution in [0.25, 0.3) is 10.8 Å². The van der Waals surface area contributed by atoms with E-state index in [4.69, 9.17) is 18.6 Å². The van der Waals surface area contributed by atoms with Crippen LogP contribution in [0.5, 0.6) is 11.5 Å². The highest BCUT2D eigenvalue weighted by Gasteiger charge is 2.28. The molecular formula is C22H22O7. The Kier molecular flexibility index (Phi) is 6.19. The average Bonchev–Trinajstić information content (AvgIpc) is 2.74. The number of rotatable bonds is 7. The fourth-order valence-electron chi connectivity index (χ4n) is 3.38. The van der Waals surface area contributed by atoms with E-state index in [1.54, 1.807) is 19.2 Å². The van der Waals surface area contributed by atoms with Crippen LogP contribution >= 0.6 is 0 Å². The van der Waals surface area contributed by atoms with E-state index < -0.39 is 23.1 Å². The summed E-state index contributed by atoms with van der Waals surface area (Å²) in [6, 6.07) is 12.2. The minimum atomic E-state index is -0.747. The Bertz CT molecular complexity index is 1080. The van der Waals surface area contributed by atoms with Crippen molar-refractivity contribution >= 4 is 16.7 Å². The van der Waals surface area contributed by atoms with Gasteiger partial charge in [-0.1, -0.05) is 30.3 Å². The fraction of sp³-hybridized carbons (Fsp3) is 0.273. The lowest BCUT2D eigenvalue weighted by Gasteiger charge is -2.20. The molecule has 2 aromatic carbocycles. The lowest BCUT2D eigenvalue weighted by atomic mass is 9.88. The molecule has 0 aliphatic rings. The van der Waals surface area contributed by atoms with Crippen molar-refractivity contribution in [2.45, 2.75) is 18.9 Å². The summed E-state index contributed by atoms with van der Waals surface area (Å²) >= 11 is 0. The Labute approximate surface area is 167 Å². The van der Waals surface area contributed by atoms with Gasteiger partial charge in [-0.3, -0.25) is 9.59 Å². The quantitative estimate of drug-likeness (QED) is 0.610. The summed E-state index contributed by atoms with van der Waals surface area (Å²) in [6.07, 6.45) is -0.125. The van der Waals surface area contributed by atoms with Gasteiger partial charge in [-0.2, -0.15) is 0 Å². The van der Waals surface area contributed by atoms with Gasteiger partial charge in [0.1, 0.15) is 18.1 Å². The second kappa shape index (κ2) is 8.79. The van der Waals surface area contributed by atoms with Crippen molar-refractivity contribution in [1.29, 1.82) is 0 Å². The third kappa shape index (κ3) is 4.09. The van der Waals surface area contributed by atoms with Crippen LogP contribution in [0.15, 0.2) is 51.7 Å². The number of benzene rings is 2. The van der Waals surface area contributed by atoms with Crippen LogP contribution in [0.1, 0.15) is 29.4 Å². The molecule has 1 atom stereocenters. The first-order valence-electron chi connectivity index (χ1n) is 8.97. The minimum absolute atomic E-state index is 0.00901. The first kappa shape index (κ1) is 20.4. The van der Waals surface area contributed by atoms with E-state index in [-0.39, 0.29) is 24.5 Å². The van der Waals surface area contributed by atoms with Gasteiger partial charge in [-0.25, -0.2) is 0 Å². The van der Waals surface area contributed by atoms with E-state index in [9.17, 15) is 14.7 Å². The van der Waals surface area contributed by atoms with Crippen molar-refractivity contribution in [1.82, 2.24) is 0 Å². The number of ether oxygens (including phenoxy) is 3. The zero-order valence-electron chi connectivity index (χ0n) is 16.4. The number of hydrogen-bond donors (Lipinski definition) is 1. The molecule has 0 spiro atoms. The third-order valence-electron chi connectivity index (χ3n) is 4.71. The number of fused-ring (bicyclic) bond motifs is 1. The zero-order chi connectivity index (χ0) is 21.0. The maximum absolute atomic E-state index is 12.3. The summed E-state index contributed by atoms with van der Waals surface area (Å²) in [5.74, 6) is -0.890. The van der Waals surface area contributed by atoms with E-state index in [0.29, 0.717) is 11.3 Å². The molecule has 3 rings (SSSR count). The zero-order valence-corrected chi connectivity index (χ0v) is 16.4. The Hall–Kier alpha value is -3.32. The average molecular weight is 398 g/mol. The van der Waals surface area contributed by atoms with Gasteiger partial charge in [0.25, 0.3) is 0 Å². The van der Waals surface area contributed by atoms with Crippen molar-refractivity contribution < 1.29 is 28.5 Å². The van der Waals surface area contributed by atoms with Gasteiger partial charge in [0.2, 0.25) is 11.2 Å². The number of hydrogen-bond acceptors (Lipinski definition) is 7. The molecule has 0 fully saturated rings. The van der Waals surface area contributed by atoms with E-state index in [1.165, 1.54) is 20.3 Å². The van der Waals surface area contributed by atoms with E-state index >= 15 is 0 Å². The highest BCUT2D eigenvalue weighted by molar-refractivity contribution is 5.92. The van der Waals surface area contributed by atoms with E-state index in [2.05, 4.69) is 0 Å². The van der Waals surface area contributed by atoms with Gasteiger partial charge < -0.3 is 23.7 Å². The third-order valence-corrected chi connectivity index (χ3v) is 4.71. The second-order valence-electron chi connectivity index (χ2n) is 6.46. The van der Waals surface area contributed by atoms with E-state index in [1.807, 2.05) is 24.3 Å². The van der Waals surface area contributed by atoms with Crippen molar-refractivity contribution in [3.8, 4) is 11.5 Å². The first-order valence-corrected chi connectivity index (χ1v) is 8.97. The Morgan fingerprint density at radius 3 is 2.48 bits per heavy atom. The molecule has 1 aromatic heterocycles. The molecule has 1 N–H and O–H groups in total. The van der Waals surface area contributed by atoms with Crippen LogP contribution in [-0.2, 0) is 20.9 Å². The van der Waals surface area contributed by atoms with Crippen LogP contribution in [0.3, 0.4) is 0 Å². The normalized spacial score (nSPS) is 12.0. The molecular weight excluding hydrogens is 376 g/mol. The van der Waals surface area contributed by atoms with Crippen LogP contribution < -0.4 is 10.2 Å². The van der Waals surface area contributed by atoms with Crippen molar-refractivity contribution in [3.05, 3.63) is 69.8 Å². The standard InChI is InChI=1S/C22H22O7/c1-26-12-13-10-18(23)21(25)22(29-13)17(11-20(24)28-3)15-8-9-19(27-2)16-7-5-4-6-14(15)16/h4-10,17,25H,11-12H2,1-3H3/t17-/m1/s1. The number of carbonyl (C=O) groups is 1. The lowest BCUT2D eigenvalue weighted by molar-refractivity contribution is -0.140. The number of esters is 1. The molecule has 152 valence electrons. The molecule has 29 heavy (non-hydrogen) atoms. The smallest absolute Gasteiger partial charge is 0.306 e. The molecule has 7 heteroatoms. The summed E-state index contributed by atoms with van der Waals surface area (Å²) in [6.45, 7) is 0.0524. The maximum Gasteiger partial charge on any atom is 0.306 e. The molecule has 0 bridgehead atoms. The van der Waals surface area contributed by atoms with Gasteiger partial charge in [-0.05, 0) is 17.0 Å². The molecule has 0 amide bonds. The highest BCUT2D eigenvalue weighted by Crippen LogP contribution is 2.39. The summed E-state index contributed by atoms with van der Waals surface area (Å²) in [4.78, 5) is 24.5. The fourth-order valence-corrected chi connectivity index (χ4v) is 3.38. The molecule has 0 saturated carbocycles. The first-order chi connectivity index (χ1) is 14.0. The molecule has 0 aliphatic heterocycles. The summed E-state index contributed by atoms with van der Waals surface area (Å²) in [5, 5.41) is 12.1. The second-order valence-corrected chi connectivity index (χ2v) is 6.46. The van der Waals surface area contributed by atoms with Crippen molar-refractivity contribution in [3.63, 3.8) is 0 Å².